The smallest absolute Gasteiger partial charge is 0.344 e. The minimum atomic E-state index is -0.495. The fourth-order valence-electron chi connectivity index (χ4n) is 3.52. The molecule has 3 heterocycles. The molecule has 0 bridgehead atoms. The van der Waals surface area contributed by atoms with Crippen LogP contribution in [0.25, 0.3) is 10.8 Å². The van der Waals surface area contributed by atoms with Crippen molar-refractivity contribution in [2.24, 2.45) is 0 Å². The minimum absolute atomic E-state index is 0.00952. The molecule has 1 amide bonds. The fourth-order valence-corrected chi connectivity index (χ4v) is 3.52. The lowest BCUT2D eigenvalue weighted by atomic mass is 9.89. The minimum Gasteiger partial charge on any atom is -0.417 e. The van der Waals surface area contributed by atoms with Crippen molar-refractivity contribution in [1.29, 1.82) is 0 Å². The third-order valence-electron chi connectivity index (χ3n) is 4.79. The van der Waals surface area contributed by atoms with Gasteiger partial charge in [-0.2, -0.15) is 0 Å². The lowest BCUT2D eigenvalue weighted by molar-refractivity contribution is -0.0881. The number of hydrogen-bond acceptors (Lipinski definition) is 5. The average Bonchev–Trinajstić information content (AvgIpc) is 3.02. The SMILES string of the molecule is O=C(N[C@H]1CCO[C@]2(CCOC2)C1)c1cc2ccccc2c(=O)o1. The molecule has 2 atom stereocenters. The molecule has 4 rings (SSSR count). The fraction of sp³-hybridized carbons (Fsp3) is 0.444. The Hall–Kier alpha value is -2.18. The molecular formula is C18H19NO5. The molecule has 0 saturated carbocycles. The number of amides is 1. The van der Waals surface area contributed by atoms with Gasteiger partial charge in [0.2, 0.25) is 0 Å². The lowest BCUT2D eigenvalue weighted by Gasteiger charge is -2.37. The van der Waals surface area contributed by atoms with Gasteiger partial charge < -0.3 is 19.2 Å². The molecule has 0 unspecified atom stereocenters. The Morgan fingerprint density at radius 3 is 2.96 bits per heavy atom. The molecule has 2 aliphatic heterocycles. The Labute approximate surface area is 138 Å². The van der Waals surface area contributed by atoms with Gasteiger partial charge in [-0.15, -0.1) is 0 Å². The first kappa shape index (κ1) is 15.4. The first-order valence-electron chi connectivity index (χ1n) is 8.21. The number of fused-ring (bicyclic) bond motifs is 1. The van der Waals surface area contributed by atoms with Gasteiger partial charge in [-0.25, -0.2) is 4.79 Å². The number of nitrogens with one attached hydrogen (secondary N) is 1. The topological polar surface area (TPSA) is 77.8 Å². The van der Waals surface area contributed by atoms with E-state index in [1.807, 2.05) is 6.07 Å². The van der Waals surface area contributed by atoms with Gasteiger partial charge in [0.05, 0.1) is 17.6 Å². The summed E-state index contributed by atoms with van der Waals surface area (Å²) in [7, 11) is 0. The Bertz CT molecular complexity index is 822. The quantitative estimate of drug-likeness (QED) is 0.910. The molecule has 1 N–H and O–H groups in total. The molecular weight excluding hydrogens is 310 g/mol. The van der Waals surface area contributed by atoms with Gasteiger partial charge in [-0.3, -0.25) is 4.79 Å². The largest absolute Gasteiger partial charge is 0.417 e. The van der Waals surface area contributed by atoms with Crippen molar-refractivity contribution in [2.45, 2.75) is 30.9 Å². The van der Waals surface area contributed by atoms with E-state index in [1.54, 1.807) is 24.3 Å². The van der Waals surface area contributed by atoms with Crippen LogP contribution in [0, 0.1) is 0 Å². The van der Waals surface area contributed by atoms with Crippen LogP contribution in [-0.4, -0.2) is 37.4 Å². The predicted molar refractivity (Wildman–Crippen MR) is 87.1 cm³/mol. The molecule has 0 aliphatic carbocycles. The summed E-state index contributed by atoms with van der Waals surface area (Å²) >= 11 is 0. The zero-order chi connectivity index (χ0) is 16.6. The van der Waals surface area contributed by atoms with Crippen LogP contribution in [0.2, 0.25) is 0 Å². The third-order valence-corrected chi connectivity index (χ3v) is 4.79. The van der Waals surface area contributed by atoms with E-state index in [2.05, 4.69) is 5.32 Å². The van der Waals surface area contributed by atoms with E-state index in [9.17, 15) is 9.59 Å². The normalized spacial score (nSPS) is 26.8. The van der Waals surface area contributed by atoms with Crippen LogP contribution >= 0.6 is 0 Å². The van der Waals surface area contributed by atoms with Crippen molar-refractivity contribution in [3.63, 3.8) is 0 Å². The van der Waals surface area contributed by atoms with E-state index < -0.39 is 5.63 Å². The van der Waals surface area contributed by atoms with Crippen molar-refractivity contribution < 1.29 is 18.7 Å². The van der Waals surface area contributed by atoms with E-state index in [4.69, 9.17) is 13.9 Å². The summed E-state index contributed by atoms with van der Waals surface area (Å²) < 4.78 is 16.5. The molecule has 6 nitrogen and oxygen atoms in total. The second-order valence-electron chi connectivity index (χ2n) is 6.48. The summed E-state index contributed by atoms with van der Waals surface area (Å²) in [6.07, 6.45) is 2.31. The first-order valence-corrected chi connectivity index (χ1v) is 8.21. The van der Waals surface area contributed by atoms with E-state index in [1.165, 1.54) is 0 Å². The summed E-state index contributed by atoms with van der Waals surface area (Å²) in [6, 6.07) is 8.67. The zero-order valence-electron chi connectivity index (χ0n) is 13.2. The highest BCUT2D eigenvalue weighted by Crippen LogP contribution is 2.32. The second kappa shape index (κ2) is 6.03. The average molecular weight is 329 g/mol. The van der Waals surface area contributed by atoms with Gasteiger partial charge in [0, 0.05) is 25.7 Å². The van der Waals surface area contributed by atoms with Crippen LogP contribution in [0.5, 0.6) is 0 Å². The molecule has 2 fully saturated rings. The van der Waals surface area contributed by atoms with Crippen molar-refractivity contribution in [3.05, 3.63) is 46.5 Å². The highest BCUT2D eigenvalue weighted by molar-refractivity contribution is 5.95. The summed E-state index contributed by atoms with van der Waals surface area (Å²) in [5, 5.41) is 4.15. The first-order chi connectivity index (χ1) is 11.7. The summed E-state index contributed by atoms with van der Waals surface area (Å²) in [5.41, 5.74) is -0.772. The number of rotatable bonds is 2. The Kier molecular flexibility index (Phi) is 3.86. The molecule has 24 heavy (non-hydrogen) atoms. The van der Waals surface area contributed by atoms with Crippen LogP contribution in [0.3, 0.4) is 0 Å². The molecule has 2 aliphatic rings. The highest BCUT2D eigenvalue weighted by atomic mass is 16.6. The van der Waals surface area contributed by atoms with Crippen molar-refractivity contribution >= 4 is 16.7 Å². The second-order valence-corrected chi connectivity index (χ2v) is 6.48. The molecule has 1 aromatic heterocycles. The van der Waals surface area contributed by atoms with Crippen LogP contribution in [0.15, 0.2) is 39.5 Å². The maximum absolute atomic E-state index is 12.5. The Balaban J connectivity index is 1.53. The van der Waals surface area contributed by atoms with Crippen molar-refractivity contribution in [2.75, 3.05) is 19.8 Å². The van der Waals surface area contributed by atoms with Gasteiger partial charge in [0.15, 0.2) is 5.76 Å². The molecule has 2 saturated heterocycles. The summed E-state index contributed by atoms with van der Waals surface area (Å²) in [5.74, 6) is -0.319. The lowest BCUT2D eigenvalue weighted by Crippen LogP contribution is -2.49. The monoisotopic (exact) mass is 329 g/mol. The molecule has 6 heteroatoms. The standard InChI is InChI=1S/C18H19NO5/c20-16(15-9-12-3-1-2-4-14(12)17(21)24-15)19-13-5-7-23-18(10-13)6-8-22-11-18/h1-4,9,13H,5-8,10-11H2,(H,19,20)/t13-,18+/m0/s1. The molecule has 0 radical (unpaired) electrons. The molecule has 2 aromatic rings. The van der Waals surface area contributed by atoms with E-state index in [0.29, 0.717) is 30.6 Å². The molecule has 1 spiro atoms. The van der Waals surface area contributed by atoms with Gasteiger partial charge >= 0.3 is 5.63 Å². The maximum Gasteiger partial charge on any atom is 0.344 e. The Morgan fingerprint density at radius 2 is 2.12 bits per heavy atom. The summed E-state index contributed by atoms with van der Waals surface area (Å²) in [4.78, 5) is 24.5. The van der Waals surface area contributed by atoms with Crippen LogP contribution < -0.4 is 10.9 Å². The number of hydrogen-bond donors (Lipinski definition) is 1. The molecule has 1 aromatic carbocycles. The van der Waals surface area contributed by atoms with Gasteiger partial charge in [-0.1, -0.05) is 18.2 Å². The maximum atomic E-state index is 12.5. The van der Waals surface area contributed by atoms with Gasteiger partial charge in [0.25, 0.3) is 5.91 Å². The molecule has 126 valence electrons. The number of carbonyl (C=O) groups is 1. The van der Waals surface area contributed by atoms with E-state index in [-0.39, 0.29) is 23.3 Å². The predicted octanol–water partition coefficient (Wildman–Crippen LogP) is 1.86. The number of ether oxygens (including phenoxy) is 2. The summed E-state index contributed by atoms with van der Waals surface area (Å²) in [6.45, 7) is 1.86. The van der Waals surface area contributed by atoms with E-state index in [0.717, 1.165) is 19.3 Å². The number of benzene rings is 1. The van der Waals surface area contributed by atoms with Crippen LogP contribution in [-0.2, 0) is 9.47 Å². The van der Waals surface area contributed by atoms with Crippen LogP contribution in [0.1, 0.15) is 29.8 Å². The van der Waals surface area contributed by atoms with Gasteiger partial charge in [0.1, 0.15) is 0 Å². The van der Waals surface area contributed by atoms with Crippen LogP contribution in [0.4, 0.5) is 0 Å². The van der Waals surface area contributed by atoms with Gasteiger partial charge in [-0.05, 0) is 30.4 Å². The zero-order valence-corrected chi connectivity index (χ0v) is 13.2. The highest BCUT2D eigenvalue weighted by Gasteiger charge is 2.41. The van der Waals surface area contributed by atoms with E-state index >= 15 is 0 Å². The third kappa shape index (κ3) is 2.83. The Morgan fingerprint density at radius 1 is 1.25 bits per heavy atom. The van der Waals surface area contributed by atoms with Crippen molar-refractivity contribution in [1.82, 2.24) is 5.32 Å². The van der Waals surface area contributed by atoms with Crippen molar-refractivity contribution in [3.8, 4) is 0 Å². The number of carbonyl (C=O) groups excluding carboxylic acids is 1.